The summed E-state index contributed by atoms with van der Waals surface area (Å²) >= 11 is 1.81. The van der Waals surface area contributed by atoms with E-state index in [4.69, 9.17) is 5.11 Å². The molecule has 1 aliphatic rings. The van der Waals surface area contributed by atoms with Crippen LogP contribution in [0.3, 0.4) is 0 Å². The summed E-state index contributed by atoms with van der Waals surface area (Å²) in [5.74, 6) is -0.104. The third-order valence-corrected chi connectivity index (χ3v) is 4.78. The number of aromatic carboxylic acids is 1. The normalized spacial score (nSPS) is 22.6. The topological polar surface area (TPSA) is 96.6 Å². The van der Waals surface area contributed by atoms with Crippen LogP contribution in [0.5, 0.6) is 0 Å². The Kier molecular flexibility index (Phi) is 4.12. The lowest BCUT2D eigenvalue weighted by Crippen LogP contribution is -2.45. The third kappa shape index (κ3) is 2.69. The molecule has 2 heterocycles. The molecule has 0 aliphatic carbocycles. The van der Waals surface area contributed by atoms with Crippen LogP contribution in [0.1, 0.15) is 24.2 Å². The van der Waals surface area contributed by atoms with Gasteiger partial charge in [0.2, 0.25) is 5.82 Å². The van der Waals surface area contributed by atoms with Crippen LogP contribution >= 0.6 is 11.8 Å². The van der Waals surface area contributed by atoms with Gasteiger partial charge in [0.15, 0.2) is 0 Å². The Hall–Kier alpha value is -1.83. The van der Waals surface area contributed by atoms with Crippen molar-refractivity contribution in [3.63, 3.8) is 0 Å². The van der Waals surface area contributed by atoms with Crippen molar-refractivity contribution < 1.29 is 14.8 Å². The second-order valence-corrected chi connectivity index (χ2v) is 6.12. The SMILES string of the molecule is CC1SCCN(c2ncc(C(=O)O)cc2[N+](=O)[O-])C1C. The van der Waals surface area contributed by atoms with E-state index in [0.717, 1.165) is 11.8 Å². The predicted molar refractivity (Wildman–Crippen MR) is 76.6 cm³/mol. The van der Waals surface area contributed by atoms with Crippen LogP contribution in [0.2, 0.25) is 0 Å². The second kappa shape index (κ2) is 5.66. The summed E-state index contributed by atoms with van der Waals surface area (Å²) in [5.41, 5.74) is -0.427. The number of nitrogens with zero attached hydrogens (tertiary/aromatic N) is 3. The van der Waals surface area contributed by atoms with Crippen LogP contribution in [0.4, 0.5) is 11.5 Å². The first-order valence-electron chi connectivity index (χ1n) is 6.17. The molecule has 0 bridgehead atoms. The van der Waals surface area contributed by atoms with Crippen molar-refractivity contribution in [3.05, 3.63) is 27.9 Å². The lowest BCUT2D eigenvalue weighted by molar-refractivity contribution is -0.384. The molecule has 0 saturated carbocycles. The third-order valence-electron chi connectivity index (χ3n) is 3.45. The standard InChI is InChI=1S/C12H15N3O4S/c1-7-8(2)20-4-3-14(7)11-10(15(18)19)5-9(6-13-11)12(16)17/h5-8H,3-4H2,1-2H3,(H,16,17). The average Bonchev–Trinajstić information content (AvgIpc) is 2.41. The van der Waals surface area contributed by atoms with E-state index in [1.165, 1.54) is 6.20 Å². The molecule has 0 aromatic carbocycles. The van der Waals surface area contributed by atoms with E-state index in [0.29, 0.717) is 11.8 Å². The number of anilines is 1. The van der Waals surface area contributed by atoms with Gasteiger partial charge in [-0.05, 0) is 6.92 Å². The molecule has 7 nitrogen and oxygen atoms in total. The number of aromatic nitrogens is 1. The molecule has 2 rings (SSSR count). The Morgan fingerprint density at radius 3 is 2.90 bits per heavy atom. The summed E-state index contributed by atoms with van der Waals surface area (Å²) in [5, 5.41) is 20.4. The highest BCUT2D eigenvalue weighted by Crippen LogP contribution is 2.33. The van der Waals surface area contributed by atoms with E-state index in [2.05, 4.69) is 11.9 Å². The molecule has 1 fully saturated rings. The maximum Gasteiger partial charge on any atom is 0.337 e. The zero-order valence-corrected chi connectivity index (χ0v) is 12.0. The summed E-state index contributed by atoms with van der Waals surface area (Å²) < 4.78 is 0. The fraction of sp³-hybridized carbons (Fsp3) is 0.500. The number of hydrogen-bond acceptors (Lipinski definition) is 6. The van der Waals surface area contributed by atoms with Gasteiger partial charge in [-0.1, -0.05) is 6.92 Å². The summed E-state index contributed by atoms with van der Waals surface area (Å²) in [6.45, 7) is 4.72. The first-order valence-corrected chi connectivity index (χ1v) is 7.22. The molecule has 1 aromatic heterocycles. The molecule has 2 atom stereocenters. The Bertz CT molecular complexity index is 552. The summed E-state index contributed by atoms with van der Waals surface area (Å²) in [7, 11) is 0. The Balaban J connectivity index is 2.45. The van der Waals surface area contributed by atoms with E-state index < -0.39 is 10.9 Å². The van der Waals surface area contributed by atoms with Crippen molar-refractivity contribution in [1.82, 2.24) is 4.98 Å². The number of hydrogen-bond donors (Lipinski definition) is 1. The molecule has 0 radical (unpaired) electrons. The zero-order valence-electron chi connectivity index (χ0n) is 11.1. The Labute approximate surface area is 120 Å². The van der Waals surface area contributed by atoms with Gasteiger partial charge in [0.1, 0.15) is 0 Å². The molecule has 0 spiro atoms. The minimum atomic E-state index is -1.22. The smallest absolute Gasteiger partial charge is 0.337 e. The van der Waals surface area contributed by atoms with Gasteiger partial charge in [-0.15, -0.1) is 0 Å². The van der Waals surface area contributed by atoms with Gasteiger partial charge in [0, 0.05) is 35.9 Å². The van der Waals surface area contributed by atoms with Crippen molar-refractivity contribution in [2.75, 3.05) is 17.2 Å². The second-order valence-electron chi connectivity index (χ2n) is 4.64. The van der Waals surface area contributed by atoms with Crippen molar-refractivity contribution in [2.45, 2.75) is 25.1 Å². The summed E-state index contributed by atoms with van der Waals surface area (Å²) in [4.78, 5) is 27.4. The lowest BCUT2D eigenvalue weighted by Gasteiger charge is -2.37. The number of carboxylic acids is 1. The van der Waals surface area contributed by atoms with E-state index >= 15 is 0 Å². The number of carboxylic acid groups (broad SMARTS) is 1. The quantitative estimate of drug-likeness (QED) is 0.673. The molecule has 8 heteroatoms. The summed E-state index contributed by atoms with van der Waals surface area (Å²) in [6, 6.07) is 1.18. The van der Waals surface area contributed by atoms with Gasteiger partial charge in [0.25, 0.3) is 0 Å². The van der Waals surface area contributed by atoms with Crippen molar-refractivity contribution in [1.29, 1.82) is 0 Å². The largest absolute Gasteiger partial charge is 0.478 e. The highest BCUT2D eigenvalue weighted by Gasteiger charge is 2.31. The fourth-order valence-electron chi connectivity index (χ4n) is 2.15. The molecule has 1 aliphatic heterocycles. The molecule has 108 valence electrons. The van der Waals surface area contributed by atoms with Crippen LogP contribution in [0.25, 0.3) is 0 Å². The molecule has 2 unspecified atom stereocenters. The summed E-state index contributed by atoms with van der Waals surface area (Å²) in [6.07, 6.45) is 1.17. The first-order chi connectivity index (χ1) is 9.41. The van der Waals surface area contributed by atoms with Crippen molar-refractivity contribution in [3.8, 4) is 0 Å². The fourth-order valence-corrected chi connectivity index (χ4v) is 3.25. The predicted octanol–water partition coefficient (Wildman–Crippen LogP) is 2.02. The van der Waals surface area contributed by atoms with Crippen LogP contribution in [0.15, 0.2) is 12.3 Å². The highest BCUT2D eigenvalue weighted by molar-refractivity contribution is 8.00. The molecular formula is C12H15N3O4S. The van der Waals surface area contributed by atoms with Crippen molar-refractivity contribution >= 4 is 29.2 Å². The van der Waals surface area contributed by atoms with E-state index in [-0.39, 0.29) is 23.1 Å². The monoisotopic (exact) mass is 297 g/mol. The molecule has 1 N–H and O–H groups in total. The van der Waals surface area contributed by atoms with Gasteiger partial charge in [-0.25, -0.2) is 9.78 Å². The van der Waals surface area contributed by atoms with Crippen LogP contribution in [-0.4, -0.2) is 44.6 Å². The van der Waals surface area contributed by atoms with Gasteiger partial charge < -0.3 is 10.0 Å². The van der Waals surface area contributed by atoms with Crippen LogP contribution in [-0.2, 0) is 0 Å². The van der Waals surface area contributed by atoms with Crippen LogP contribution < -0.4 is 4.90 Å². The first kappa shape index (κ1) is 14.6. The van der Waals surface area contributed by atoms with E-state index in [1.54, 1.807) is 0 Å². The average molecular weight is 297 g/mol. The van der Waals surface area contributed by atoms with Crippen LogP contribution in [0, 0.1) is 10.1 Å². The zero-order chi connectivity index (χ0) is 14.9. The van der Waals surface area contributed by atoms with Gasteiger partial charge >= 0.3 is 11.7 Å². The van der Waals surface area contributed by atoms with Gasteiger partial charge in [-0.2, -0.15) is 11.8 Å². The number of rotatable bonds is 3. The molecule has 0 amide bonds. The van der Waals surface area contributed by atoms with Gasteiger partial charge in [-0.3, -0.25) is 10.1 Å². The Morgan fingerprint density at radius 1 is 1.60 bits per heavy atom. The molecular weight excluding hydrogens is 282 g/mol. The number of thioether (sulfide) groups is 1. The number of pyridine rings is 1. The number of nitro groups is 1. The van der Waals surface area contributed by atoms with E-state index in [9.17, 15) is 14.9 Å². The minimum absolute atomic E-state index is 0.107. The number of carbonyl (C=O) groups is 1. The minimum Gasteiger partial charge on any atom is -0.478 e. The molecule has 1 saturated heterocycles. The van der Waals surface area contributed by atoms with E-state index in [1.807, 2.05) is 23.6 Å². The van der Waals surface area contributed by atoms with Gasteiger partial charge in [0.05, 0.1) is 10.5 Å². The highest BCUT2D eigenvalue weighted by atomic mass is 32.2. The maximum atomic E-state index is 11.2. The van der Waals surface area contributed by atoms with Crippen molar-refractivity contribution in [2.24, 2.45) is 0 Å². The maximum absolute atomic E-state index is 11.2. The molecule has 20 heavy (non-hydrogen) atoms. The molecule has 1 aromatic rings. The Morgan fingerprint density at radius 2 is 2.30 bits per heavy atom. The lowest BCUT2D eigenvalue weighted by atomic mass is 10.2.